The highest BCUT2D eigenvalue weighted by atomic mass is 19.1. The SMILES string of the molecule is Cc1ccc(NC(=O)[C@@H](C)OC(=O)[C@H](C)Oc2ccc(F)cc2)c(C)c1. The van der Waals surface area contributed by atoms with Crippen molar-refractivity contribution in [3.63, 3.8) is 0 Å². The molecule has 0 aliphatic heterocycles. The van der Waals surface area contributed by atoms with E-state index in [1.165, 1.54) is 38.1 Å². The first-order chi connectivity index (χ1) is 12.3. The standard InChI is InChI=1S/C20H22FNO4/c1-12-5-10-18(13(2)11-12)22-19(23)14(3)26-20(24)15(4)25-17-8-6-16(21)7-9-17/h5-11,14-15H,1-4H3,(H,22,23)/t14-,15+/m1/s1. The van der Waals surface area contributed by atoms with E-state index in [1.807, 2.05) is 26.0 Å². The maximum Gasteiger partial charge on any atom is 0.347 e. The van der Waals surface area contributed by atoms with Crippen molar-refractivity contribution in [1.29, 1.82) is 0 Å². The number of carbonyl (C=O) groups is 2. The number of halogens is 1. The van der Waals surface area contributed by atoms with Gasteiger partial charge in [-0.15, -0.1) is 0 Å². The summed E-state index contributed by atoms with van der Waals surface area (Å²) in [4.78, 5) is 24.3. The summed E-state index contributed by atoms with van der Waals surface area (Å²) in [5.74, 6) is -1.18. The van der Waals surface area contributed by atoms with Crippen molar-refractivity contribution in [3.8, 4) is 5.75 Å². The summed E-state index contributed by atoms with van der Waals surface area (Å²) in [6.45, 7) is 6.84. The van der Waals surface area contributed by atoms with Gasteiger partial charge in [0.15, 0.2) is 12.2 Å². The highest BCUT2D eigenvalue weighted by Gasteiger charge is 2.23. The number of hydrogen-bond donors (Lipinski definition) is 1. The fourth-order valence-corrected chi connectivity index (χ4v) is 2.28. The fraction of sp³-hybridized carbons (Fsp3) is 0.300. The largest absolute Gasteiger partial charge is 0.479 e. The van der Waals surface area contributed by atoms with Crippen molar-refractivity contribution in [3.05, 3.63) is 59.4 Å². The lowest BCUT2D eigenvalue weighted by Crippen LogP contribution is -2.35. The average molecular weight is 359 g/mol. The molecule has 0 aromatic heterocycles. The maximum absolute atomic E-state index is 12.9. The molecule has 0 aliphatic rings. The van der Waals surface area contributed by atoms with Crippen LogP contribution >= 0.6 is 0 Å². The Kier molecular flexibility index (Phi) is 6.33. The molecular formula is C20H22FNO4. The molecule has 0 bridgehead atoms. The molecule has 0 fully saturated rings. The Morgan fingerprint density at radius 3 is 2.27 bits per heavy atom. The van der Waals surface area contributed by atoms with Crippen LogP contribution in [0, 0.1) is 19.7 Å². The minimum absolute atomic E-state index is 0.336. The minimum atomic E-state index is -0.984. The number of amides is 1. The van der Waals surface area contributed by atoms with Crippen LogP contribution < -0.4 is 10.1 Å². The van der Waals surface area contributed by atoms with Crippen LogP contribution in [0.2, 0.25) is 0 Å². The number of rotatable bonds is 6. The fourth-order valence-electron chi connectivity index (χ4n) is 2.28. The van der Waals surface area contributed by atoms with Crippen molar-refractivity contribution in [2.45, 2.75) is 39.9 Å². The van der Waals surface area contributed by atoms with Gasteiger partial charge in [-0.3, -0.25) is 4.79 Å². The average Bonchev–Trinajstić information content (AvgIpc) is 2.59. The van der Waals surface area contributed by atoms with Gasteiger partial charge in [-0.05, 0) is 63.6 Å². The van der Waals surface area contributed by atoms with E-state index in [0.29, 0.717) is 11.4 Å². The molecule has 2 aromatic rings. The van der Waals surface area contributed by atoms with E-state index in [4.69, 9.17) is 9.47 Å². The number of benzene rings is 2. The van der Waals surface area contributed by atoms with Gasteiger partial charge in [-0.25, -0.2) is 9.18 Å². The molecule has 6 heteroatoms. The molecular weight excluding hydrogens is 337 g/mol. The first kappa shape index (κ1) is 19.4. The van der Waals surface area contributed by atoms with Crippen molar-refractivity contribution < 1.29 is 23.5 Å². The Morgan fingerprint density at radius 2 is 1.65 bits per heavy atom. The number of esters is 1. The zero-order chi connectivity index (χ0) is 19.3. The van der Waals surface area contributed by atoms with Gasteiger partial charge in [0, 0.05) is 5.69 Å². The van der Waals surface area contributed by atoms with Crippen molar-refractivity contribution in [2.75, 3.05) is 5.32 Å². The van der Waals surface area contributed by atoms with E-state index in [2.05, 4.69) is 5.32 Å². The molecule has 2 atom stereocenters. The summed E-state index contributed by atoms with van der Waals surface area (Å²) >= 11 is 0. The molecule has 5 nitrogen and oxygen atoms in total. The van der Waals surface area contributed by atoms with Gasteiger partial charge in [0.25, 0.3) is 5.91 Å². The van der Waals surface area contributed by atoms with Crippen LogP contribution in [0.25, 0.3) is 0 Å². The van der Waals surface area contributed by atoms with Crippen molar-refractivity contribution in [2.24, 2.45) is 0 Å². The first-order valence-electron chi connectivity index (χ1n) is 8.27. The van der Waals surface area contributed by atoms with Crippen LogP contribution in [0.3, 0.4) is 0 Å². The smallest absolute Gasteiger partial charge is 0.347 e. The third-order valence-corrected chi connectivity index (χ3v) is 3.76. The molecule has 138 valence electrons. The molecule has 26 heavy (non-hydrogen) atoms. The van der Waals surface area contributed by atoms with Gasteiger partial charge in [0.2, 0.25) is 0 Å². The van der Waals surface area contributed by atoms with Gasteiger partial charge in [-0.1, -0.05) is 17.7 Å². The van der Waals surface area contributed by atoms with Gasteiger partial charge in [0.05, 0.1) is 0 Å². The van der Waals surface area contributed by atoms with Gasteiger partial charge >= 0.3 is 5.97 Å². The number of carbonyl (C=O) groups excluding carboxylic acids is 2. The minimum Gasteiger partial charge on any atom is -0.479 e. The lowest BCUT2D eigenvalue weighted by atomic mass is 10.1. The van der Waals surface area contributed by atoms with Gasteiger partial charge in [-0.2, -0.15) is 0 Å². The molecule has 0 unspecified atom stereocenters. The second-order valence-electron chi connectivity index (χ2n) is 6.10. The Bertz CT molecular complexity index is 789. The van der Waals surface area contributed by atoms with Crippen LogP contribution in [0.15, 0.2) is 42.5 Å². The summed E-state index contributed by atoms with van der Waals surface area (Å²) in [5, 5.41) is 2.74. The van der Waals surface area contributed by atoms with Crippen LogP contribution in [0.1, 0.15) is 25.0 Å². The molecule has 0 saturated carbocycles. The predicted molar refractivity (Wildman–Crippen MR) is 96.6 cm³/mol. The summed E-state index contributed by atoms with van der Waals surface area (Å²) in [7, 11) is 0. The monoisotopic (exact) mass is 359 g/mol. The van der Waals surface area contributed by atoms with E-state index < -0.39 is 29.9 Å². The van der Waals surface area contributed by atoms with E-state index in [-0.39, 0.29) is 0 Å². The van der Waals surface area contributed by atoms with Crippen LogP contribution in [-0.2, 0) is 14.3 Å². The Hall–Kier alpha value is -2.89. The van der Waals surface area contributed by atoms with E-state index in [9.17, 15) is 14.0 Å². The summed E-state index contributed by atoms with van der Waals surface area (Å²) in [6.07, 6.45) is -1.92. The second-order valence-corrected chi connectivity index (χ2v) is 6.10. The molecule has 0 heterocycles. The lowest BCUT2D eigenvalue weighted by Gasteiger charge is -2.18. The number of anilines is 1. The van der Waals surface area contributed by atoms with Gasteiger partial charge in [0.1, 0.15) is 11.6 Å². The first-order valence-corrected chi connectivity index (χ1v) is 8.27. The Labute approximate surface area is 152 Å². The predicted octanol–water partition coefficient (Wildman–Crippen LogP) is 3.78. The number of hydrogen-bond acceptors (Lipinski definition) is 4. The molecule has 0 saturated heterocycles. The van der Waals surface area contributed by atoms with E-state index >= 15 is 0 Å². The molecule has 0 spiro atoms. The second kappa shape index (κ2) is 8.47. The zero-order valence-corrected chi connectivity index (χ0v) is 15.2. The molecule has 1 amide bonds. The number of nitrogens with one attached hydrogen (secondary N) is 1. The highest BCUT2D eigenvalue weighted by Crippen LogP contribution is 2.17. The summed E-state index contributed by atoms with van der Waals surface area (Å²) in [6, 6.07) is 10.9. The molecule has 2 rings (SSSR count). The third kappa shape index (κ3) is 5.31. The number of ether oxygens (including phenoxy) is 2. The van der Waals surface area contributed by atoms with Gasteiger partial charge < -0.3 is 14.8 Å². The lowest BCUT2D eigenvalue weighted by molar-refractivity contribution is -0.159. The number of aryl methyl sites for hydroxylation is 2. The van der Waals surface area contributed by atoms with E-state index in [0.717, 1.165) is 11.1 Å². The normalized spacial score (nSPS) is 12.8. The van der Waals surface area contributed by atoms with Crippen LogP contribution in [0.4, 0.5) is 10.1 Å². The molecule has 2 aromatic carbocycles. The van der Waals surface area contributed by atoms with E-state index in [1.54, 1.807) is 6.07 Å². The van der Waals surface area contributed by atoms with Crippen molar-refractivity contribution in [1.82, 2.24) is 0 Å². The highest BCUT2D eigenvalue weighted by molar-refractivity contribution is 5.95. The zero-order valence-electron chi connectivity index (χ0n) is 15.2. The maximum atomic E-state index is 12.9. The molecule has 0 aliphatic carbocycles. The van der Waals surface area contributed by atoms with Crippen LogP contribution in [-0.4, -0.2) is 24.1 Å². The molecule has 1 N–H and O–H groups in total. The Balaban J connectivity index is 1.90. The summed E-state index contributed by atoms with van der Waals surface area (Å²) in [5.41, 5.74) is 2.68. The van der Waals surface area contributed by atoms with Crippen LogP contribution in [0.5, 0.6) is 5.75 Å². The topological polar surface area (TPSA) is 64.6 Å². The summed E-state index contributed by atoms with van der Waals surface area (Å²) < 4.78 is 23.4. The Morgan fingerprint density at radius 1 is 1.00 bits per heavy atom. The third-order valence-electron chi connectivity index (χ3n) is 3.76. The quantitative estimate of drug-likeness (QED) is 0.797. The molecule has 0 radical (unpaired) electrons. The van der Waals surface area contributed by atoms with Crippen molar-refractivity contribution >= 4 is 17.6 Å².